The third kappa shape index (κ3) is 4.54. The van der Waals surface area contributed by atoms with Crippen LogP contribution in [-0.4, -0.2) is 38.1 Å². The Kier molecular flexibility index (Phi) is 7.56. The number of carbonyl (C=O) groups is 1. The number of carboxylic acid groups (broad SMARTS) is 1. The van der Waals surface area contributed by atoms with Crippen molar-refractivity contribution in [1.29, 1.82) is 0 Å². The molecule has 0 amide bonds. The Bertz CT molecular complexity index is 477. The van der Waals surface area contributed by atoms with E-state index in [9.17, 15) is 9.90 Å². The van der Waals surface area contributed by atoms with Gasteiger partial charge < -0.3 is 19.9 Å². The fourth-order valence-corrected chi connectivity index (χ4v) is 5.61. The van der Waals surface area contributed by atoms with Crippen molar-refractivity contribution in [2.75, 3.05) is 26.1 Å². The van der Waals surface area contributed by atoms with Gasteiger partial charge in [-0.25, -0.2) is 4.79 Å². The molecule has 106 valence electrons. The van der Waals surface area contributed by atoms with Crippen molar-refractivity contribution < 1.29 is 19.4 Å². The lowest BCUT2D eigenvalue weighted by Gasteiger charge is -2.18. The summed E-state index contributed by atoms with van der Waals surface area (Å²) in [5.41, 5.74) is 1.11. The third-order valence-electron chi connectivity index (χ3n) is 2.36. The molecule has 0 fully saturated rings. The predicted molar refractivity (Wildman–Crippen MR) is 97.8 cm³/mol. The van der Waals surface area contributed by atoms with Gasteiger partial charge in [-0.3, -0.25) is 0 Å². The summed E-state index contributed by atoms with van der Waals surface area (Å²) in [6.07, 6.45) is -0.376. The fourth-order valence-electron chi connectivity index (χ4n) is 1.40. The molecule has 19 heavy (non-hydrogen) atoms. The monoisotopic (exact) mass is 603 g/mol. The molecule has 0 spiro atoms. The summed E-state index contributed by atoms with van der Waals surface area (Å²) in [6, 6.07) is 1.84. The zero-order valence-electron chi connectivity index (χ0n) is 10.2. The van der Waals surface area contributed by atoms with E-state index in [4.69, 9.17) is 9.47 Å². The van der Waals surface area contributed by atoms with E-state index in [0.29, 0.717) is 15.7 Å². The van der Waals surface area contributed by atoms with Crippen molar-refractivity contribution in [2.45, 2.75) is 6.29 Å². The van der Waals surface area contributed by atoms with Gasteiger partial charge in [-0.1, -0.05) is 0 Å². The van der Waals surface area contributed by atoms with Crippen molar-refractivity contribution in [3.63, 3.8) is 0 Å². The average Bonchev–Trinajstić information content (AvgIpc) is 2.32. The second-order valence-electron chi connectivity index (χ2n) is 3.49. The molecule has 0 unspecified atom stereocenters. The number of nitrogens with one attached hydrogen (secondary N) is 1. The van der Waals surface area contributed by atoms with Crippen LogP contribution in [0.15, 0.2) is 6.07 Å². The van der Waals surface area contributed by atoms with Crippen LogP contribution < -0.4 is 5.32 Å². The summed E-state index contributed by atoms with van der Waals surface area (Å²) < 4.78 is 12.6. The zero-order chi connectivity index (χ0) is 14.6. The van der Waals surface area contributed by atoms with Gasteiger partial charge in [0.2, 0.25) is 0 Å². The van der Waals surface area contributed by atoms with E-state index >= 15 is 0 Å². The van der Waals surface area contributed by atoms with Crippen LogP contribution in [0, 0.1) is 10.7 Å². The van der Waals surface area contributed by atoms with E-state index < -0.39 is 5.97 Å². The van der Waals surface area contributed by atoms with E-state index in [1.54, 1.807) is 14.2 Å². The molecule has 1 rings (SSSR count). The minimum Gasteiger partial charge on any atom is -0.478 e. The molecule has 0 saturated heterocycles. The maximum absolute atomic E-state index is 11.3. The van der Waals surface area contributed by atoms with Crippen LogP contribution in [-0.2, 0) is 9.47 Å². The molecule has 0 aliphatic heterocycles. The van der Waals surface area contributed by atoms with Crippen LogP contribution in [0.2, 0.25) is 0 Å². The van der Waals surface area contributed by atoms with Crippen molar-refractivity contribution in [3.05, 3.63) is 22.3 Å². The number of rotatable bonds is 6. The number of methoxy groups -OCH3 is 2. The fraction of sp³-hybridized carbons (Fsp3) is 0.364. The molecular weight excluding hydrogens is 591 g/mol. The number of halogens is 3. The number of hydrogen-bond acceptors (Lipinski definition) is 4. The first kappa shape index (κ1) is 17.7. The number of anilines is 1. The first-order chi connectivity index (χ1) is 8.92. The van der Waals surface area contributed by atoms with Crippen molar-refractivity contribution in [3.8, 4) is 0 Å². The van der Waals surface area contributed by atoms with Crippen molar-refractivity contribution >= 4 is 79.4 Å². The summed E-state index contributed by atoms with van der Waals surface area (Å²) >= 11 is 6.25. The maximum atomic E-state index is 11.3. The zero-order valence-corrected chi connectivity index (χ0v) is 16.6. The number of hydrogen-bond donors (Lipinski definition) is 2. The smallest absolute Gasteiger partial charge is 0.337 e. The molecule has 0 aliphatic carbocycles. The highest BCUT2D eigenvalue weighted by Gasteiger charge is 2.19. The Morgan fingerprint density at radius 3 is 2.37 bits per heavy atom. The molecule has 0 heterocycles. The van der Waals surface area contributed by atoms with Gasteiger partial charge in [-0.15, -0.1) is 0 Å². The SMILES string of the molecule is COC(CNc1c(I)cc(I)c(C(=O)O)c1I)OC. The summed E-state index contributed by atoms with van der Waals surface area (Å²) in [6.45, 7) is 0.443. The largest absolute Gasteiger partial charge is 0.478 e. The van der Waals surface area contributed by atoms with Crippen LogP contribution in [0.1, 0.15) is 10.4 Å². The molecule has 1 aromatic carbocycles. The third-order valence-corrected chi connectivity index (χ3v) is 5.14. The van der Waals surface area contributed by atoms with Gasteiger partial charge in [0.25, 0.3) is 0 Å². The molecule has 0 radical (unpaired) electrons. The highest BCUT2D eigenvalue weighted by Crippen LogP contribution is 2.31. The van der Waals surface area contributed by atoms with Gasteiger partial charge in [-0.2, -0.15) is 0 Å². The molecule has 0 saturated carbocycles. The topological polar surface area (TPSA) is 67.8 Å². The van der Waals surface area contributed by atoms with Gasteiger partial charge >= 0.3 is 5.97 Å². The van der Waals surface area contributed by atoms with E-state index in [-0.39, 0.29) is 6.29 Å². The predicted octanol–water partition coefficient (Wildman–Crippen LogP) is 3.23. The van der Waals surface area contributed by atoms with E-state index in [1.165, 1.54) is 0 Å². The number of ether oxygens (including phenoxy) is 2. The molecular formula is C11H12I3NO4. The first-order valence-electron chi connectivity index (χ1n) is 5.12. The van der Waals surface area contributed by atoms with Crippen LogP contribution in [0.25, 0.3) is 0 Å². The van der Waals surface area contributed by atoms with E-state index in [1.807, 2.05) is 51.2 Å². The normalized spacial score (nSPS) is 10.8. The molecule has 0 aliphatic rings. The van der Waals surface area contributed by atoms with E-state index in [0.717, 1.165) is 12.8 Å². The Balaban J connectivity index is 3.07. The van der Waals surface area contributed by atoms with Crippen LogP contribution >= 0.6 is 67.8 Å². The van der Waals surface area contributed by atoms with Gasteiger partial charge in [-0.05, 0) is 73.8 Å². The molecule has 0 bridgehead atoms. The van der Waals surface area contributed by atoms with Crippen molar-refractivity contribution in [2.24, 2.45) is 0 Å². The lowest BCUT2D eigenvalue weighted by atomic mass is 10.2. The summed E-state index contributed by atoms with van der Waals surface area (Å²) in [5.74, 6) is -0.928. The van der Waals surface area contributed by atoms with Crippen LogP contribution in [0.5, 0.6) is 0 Å². The van der Waals surface area contributed by atoms with Crippen LogP contribution in [0.3, 0.4) is 0 Å². The van der Waals surface area contributed by atoms with Gasteiger partial charge in [0.1, 0.15) is 0 Å². The minimum absolute atomic E-state index is 0.315. The Morgan fingerprint density at radius 1 is 1.32 bits per heavy atom. The molecule has 2 N–H and O–H groups in total. The minimum atomic E-state index is -0.928. The second-order valence-corrected chi connectivity index (χ2v) is 6.89. The quantitative estimate of drug-likeness (QED) is 0.387. The standard InChI is InChI=1S/C11H12I3NO4/c1-18-7(19-2)4-15-10-6(13)3-5(12)8(9(10)14)11(16)17/h3,7,15H,4H2,1-2H3,(H,16,17). The highest BCUT2D eigenvalue weighted by molar-refractivity contribution is 14.1. The molecule has 5 nitrogen and oxygen atoms in total. The van der Waals surface area contributed by atoms with Gasteiger partial charge in [0, 0.05) is 21.4 Å². The second kappa shape index (κ2) is 8.14. The number of carboxylic acids is 1. The first-order valence-corrected chi connectivity index (χ1v) is 8.36. The highest BCUT2D eigenvalue weighted by atomic mass is 127. The molecule has 0 aromatic heterocycles. The van der Waals surface area contributed by atoms with Crippen LogP contribution in [0.4, 0.5) is 5.69 Å². The van der Waals surface area contributed by atoms with Gasteiger partial charge in [0.05, 0.1) is 21.4 Å². The Morgan fingerprint density at radius 2 is 1.89 bits per heavy atom. The number of benzene rings is 1. The summed E-state index contributed by atoms with van der Waals surface area (Å²) in [5, 5.41) is 12.4. The summed E-state index contributed by atoms with van der Waals surface area (Å²) in [7, 11) is 3.12. The molecule has 8 heteroatoms. The number of aromatic carboxylic acids is 1. The van der Waals surface area contributed by atoms with Gasteiger partial charge in [0.15, 0.2) is 6.29 Å². The van der Waals surface area contributed by atoms with Crippen molar-refractivity contribution in [1.82, 2.24) is 0 Å². The Hall–Kier alpha value is 0.600. The lowest BCUT2D eigenvalue weighted by molar-refractivity contribution is -0.0914. The maximum Gasteiger partial charge on any atom is 0.337 e. The average molecular weight is 603 g/mol. The molecule has 0 atom stereocenters. The molecule has 1 aromatic rings. The lowest BCUT2D eigenvalue weighted by Crippen LogP contribution is -2.24. The van der Waals surface area contributed by atoms with E-state index in [2.05, 4.69) is 27.9 Å². The summed E-state index contributed by atoms with van der Waals surface area (Å²) in [4.78, 5) is 11.3. The Labute approximate surface area is 152 Å².